The minimum Gasteiger partial charge on any atom is -0.396 e. The Bertz CT molecular complexity index is 1040. The molecule has 1 aliphatic rings. The first-order valence-corrected chi connectivity index (χ1v) is 11.6. The number of urea groups is 1. The number of nitrogens with two attached hydrogens (primary N) is 1. The number of rotatable bonds is 8. The molecule has 0 spiro atoms. The molecule has 2 amide bonds. The van der Waals surface area contributed by atoms with Gasteiger partial charge < -0.3 is 16.0 Å². The minimum absolute atomic E-state index is 0.0198. The molecule has 0 saturated carbocycles. The van der Waals surface area contributed by atoms with Crippen LogP contribution in [0.5, 0.6) is 0 Å². The second kappa shape index (κ2) is 10.6. The molecular formula is C25H35FN6O. The number of nitrogens with one attached hydrogen (secondary N) is 1. The second-order valence-corrected chi connectivity index (χ2v) is 8.89. The molecule has 0 saturated heterocycles. The number of amides is 2. The van der Waals surface area contributed by atoms with E-state index in [-0.39, 0.29) is 17.3 Å². The zero-order chi connectivity index (χ0) is 24.1. The lowest BCUT2D eigenvalue weighted by Crippen LogP contribution is -2.34. The van der Waals surface area contributed by atoms with E-state index < -0.39 is 5.82 Å². The molecule has 7 nitrogen and oxygen atoms in total. The Balaban J connectivity index is 1.87. The topological polar surface area (TPSA) is 86.9 Å². The van der Waals surface area contributed by atoms with Gasteiger partial charge in [-0.25, -0.2) is 14.2 Å². The van der Waals surface area contributed by atoms with Gasteiger partial charge in [-0.1, -0.05) is 20.8 Å². The largest absolute Gasteiger partial charge is 0.396 e. The quantitative estimate of drug-likeness (QED) is 0.433. The van der Waals surface area contributed by atoms with E-state index in [9.17, 15) is 9.18 Å². The van der Waals surface area contributed by atoms with Crippen molar-refractivity contribution in [1.29, 1.82) is 0 Å². The van der Waals surface area contributed by atoms with E-state index in [1.165, 1.54) is 6.21 Å². The summed E-state index contributed by atoms with van der Waals surface area (Å²) >= 11 is 0. The standard InChI is InChI=1S/C25H35FN6O/c1-6-11-31(12-8-16(2)3)21-7-10-29-24-19(21)9-13-32(24)25(33)30-20-14-18(15-28-5)23(27)22(26)17(20)4/h7,10,14-16H,6,8-9,11-13,27H2,1-5H3,(H,30,33). The molecule has 3 rings (SSSR count). The van der Waals surface area contributed by atoms with Crippen molar-refractivity contribution in [3.63, 3.8) is 0 Å². The highest BCUT2D eigenvalue weighted by Crippen LogP contribution is 2.35. The molecule has 1 aromatic heterocycles. The molecule has 8 heteroatoms. The molecule has 1 aliphatic heterocycles. The average Bonchev–Trinajstić information content (AvgIpc) is 3.23. The summed E-state index contributed by atoms with van der Waals surface area (Å²) in [4.78, 5) is 25.7. The van der Waals surface area contributed by atoms with Crippen molar-refractivity contribution < 1.29 is 9.18 Å². The Morgan fingerprint density at radius 3 is 2.85 bits per heavy atom. The van der Waals surface area contributed by atoms with Crippen LogP contribution in [-0.2, 0) is 6.42 Å². The van der Waals surface area contributed by atoms with Crippen molar-refractivity contribution in [3.8, 4) is 0 Å². The highest BCUT2D eigenvalue weighted by atomic mass is 19.1. The van der Waals surface area contributed by atoms with Gasteiger partial charge in [0.1, 0.15) is 5.82 Å². The van der Waals surface area contributed by atoms with Gasteiger partial charge in [-0.05, 0) is 44.2 Å². The van der Waals surface area contributed by atoms with E-state index in [0.29, 0.717) is 29.5 Å². The van der Waals surface area contributed by atoms with Crippen molar-refractivity contribution in [2.45, 2.75) is 47.0 Å². The fourth-order valence-corrected chi connectivity index (χ4v) is 4.15. The smallest absolute Gasteiger partial charge is 0.327 e. The molecule has 2 heterocycles. The number of halogens is 1. The molecule has 0 bridgehead atoms. The molecule has 0 atom stereocenters. The van der Waals surface area contributed by atoms with Crippen LogP contribution in [0.1, 0.15) is 50.3 Å². The number of carbonyl (C=O) groups excluding carboxylic acids is 1. The van der Waals surface area contributed by atoms with Crippen molar-refractivity contribution in [3.05, 3.63) is 40.8 Å². The number of hydrogen-bond acceptors (Lipinski definition) is 5. The monoisotopic (exact) mass is 454 g/mol. The first-order valence-electron chi connectivity index (χ1n) is 11.6. The van der Waals surface area contributed by atoms with Crippen LogP contribution >= 0.6 is 0 Å². The molecule has 33 heavy (non-hydrogen) atoms. The average molecular weight is 455 g/mol. The van der Waals surface area contributed by atoms with E-state index in [0.717, 1.165) is 43.6 Å². The zero-order valence-electron chi connectivity index (χ0n) is 20.3. The van der Waals surface area contributed by atoms with Gasteiger partial charge in [0, 0.05) is 67.2 Å². The Hall–Kier alpha value is -3.16. The Morgan fingerprint density at radius 2 is 2.18 bits per heavy atom. The second-order valence-electron chi connectivity index (χ2n) is 8.89. The van der Waals surface area contributed by atoms with Crippen LogP contribution in [0.2, 0.25) is 0 Å². The lowest BCUT2D eigenvalue weighted by atomic mass is 10.1. The lowest BCUT2D eigenvalue weighted by Gasteiger charge is -2.27. The summed E-state index contributed by atoms with van der Waals surface area (Å²) in [6.45, 7) is 10.7. The third-order valence-electron chi connectivity index (χ3n) is 6.00. The lowest BCUT2D eigenvalue weighted by molar-refractivity contribution is 0.257. The van der Waals surface area contributed by atoms with Crippen LogP contribution in [0, 0.1) is 18.7 Å². The maximum atomic E-state index is 14.6. The van der Waals surface area contributed by atoms with E-state index in [1.54, 1.807) is 31.1 Å². The Morgan fingerprint density at radius 1 is 1.42 bits per heavy atom. The highest BCUT2D eigenvalue weighted by Gasteiger charge is 2.30. The number of nitrogens with zero attached hydrogens (tertiary/aromatic N) is 4. The number of aliphatic imine (C=N–C) groups is 1. The van der Waals surface area contributed by atoms with Crippen molar-refractivity contribution in [2.75, 3.05) is 47.5 Å². The van der Waals surface area contributed by atoms with Crippen molar-refractivity contribution in [2.24, 2.45) is 10.9 Å². The van der Waals surface area contributed by atoms with Gasteiger partial charge in [0.2, 0.25) is 0 Å². The van der Waals surface area contributed by atoms with Gasteiger partial charge in [-0.15, -0.1) is 0 Å². The maximum Gasteiger partial charge on any atom is 0.327 e. The molecule has 0 radical (unpaired) electrons. The predicted molar refractivity (Wildman–Crippen MR) is 135 cm³/mol. The fourth-order valence-electron chi connectivity index (χ4n) is 4.15. The Kier molecular flexibility index (Phi) is 7.89. The van der Waals surface area contributed by atoms with Gasteiger partial charge in [0.25, 0.3) is 0 Å². The van der Waals surface area contributed by atoms with Gasteiger partial charge >= 0.3 is 6.03 Å². The van der Waals surface area contributed by atoms with E-state index >= 15 is 0 Å². The third kappa shape index (κ3) is 5.26. The van der Waals surface area contributed by atoms with Crippen LogP contribution in [0.3, 0.4) is 0 Å². The number of carbonyl (C=O) groups is 1. The van der Waals surface area contributed by atoms with Gasteiger partial charge in [-0.2, -0.15) is 0 Å². The summed E-state index contributed by atoms with van der Waals surface area (Å²) in [5.74, 6) is 0.734. The molecule has 0 aliphatic carbocycles. The van der Waals surface area contributed by atoms with Crippen LogP contribution in [0.15, 0.2) is 23.3 Å². The van der Waals surface area contributed by atoms with E-state index in [4.69, 9.17) is 5.73 Å². The number of anilines is 4. The van der Waals surface area contributed by atoms with Gasteiger partial charge in [-0.3, -0.25) is 9.89 Å². The van der Waals surface area contributed by atoms with E-state index in [1.807, 2.05) is 6.07 Å². The minimum atomic E-state index is -0.551. The van der Waals surface area contributed by atoms with Crippen LogP contribution in [-0.4, -0.2) is 43.9 Å². The summed E-state index contributed by atoms with van der Waals surface area (Å²) < 4.78 is 14.6. The summed E-state index contributed by atoms with van der Waals surface area (Å²) in [5.41, 5.74) is 9.21. The normalized spacial score (nSPS) is 13.1. The van der Waals surface area contributed by atoms with Gasteiger partial charge in [0.15, 0.2) is 5.82 Å². The fraction of sp³-hybridized carbons (Fsp3) is 0.480. The number of hydrogen-bond donors (Lipinski definition) is 2. The Labute approximate surface area is 195 Å². The molecule has 0 fully saturated rings. The summed E-state index contributed by atoms with van der Waals surface area (Å²) in [7, 11) is 1.59. The number of aromatic nitrogens is 1. The number of benzene rings is 1. The summed E-state index contributed by atoms with van der Waals surface area (Å²) in [5, 5.41) is 2.85. The molecule has 0 unspecified atom stereocenters. The van der Waals surface area contributed by atoms with E-state index in [2.05, 4.69) is 41.0 Å². The number of fused-ring (bicyclic) bond motifs is 1. The molecule has 3 N–H and O–H groups in total. The van der Waals surface area contributed by atoms with Crippen molar-refractivity contribution >= 4 is 35.1 Å². The maximum absolute atomic E-state index is 14.6. The molecule has 178 valence electrons. The van der Waals surface area contributed by atoms with Crippen LogP contribution in [0.25, 0.3) is 0 Å². The first kappa shape index (κ1) is 24.5. The van der Waals surface area contributed by atoms with Crippen LogP contribution in [0.4, 0.5) is 32.1 Å². The predicted octanol–water partition coefficient (Wildman–Crippen LogP) is 5.02. The first-order chi connectivity index (χ1) is 15.8. The third-order valence-corrected chi connectivity index (χ3v) is 6.00. The number of nitrogen functional groups attached to an aromatic ring is 1. The summed E-state index contributed by atoms with van der Waals surface area (Å²) in [6.07, 6.45) is 6.13. The zero-order valence-corrected chi connectivity index (χ0v) is 20.3. The highest BCUT2D eigenvalue weighted by molar-refractivity contribution is 6.04. The summed E-state index contributed by atoms with van der Waals surface area (Å²) in [6, 6.07) is 3.36. The van der Waals surface area contributed by atoms with Crippen LogP contribution < -0.4 is 20.9 Å². The SMILES string of the molecule is CCCN(CCC(C)C)c1ccnc2c1CCN2C(=O)Nc1cc(C=NC)c(N)c(F)c1C. The van der Waals surface area contributed by atoms with Gasteiger partial charge in [0.05, 0.1) is 5.69 Å². The van der Waals surface area contributed by atoms with Crippen molar-refractivity contribution in [1.82, 2.24) is 4.98 Å². The number of pyridine rings is 1. The molecule has 1 aromatic carbocycles. The molecular weight excluding hydrogens is 419 g/mol. The molecule has 2 aromatic rings.